The molecule has 0 radical (unpaired) electrons. The van der Waals surface area contributed by atoms with Crippen LogP contribution in [0.25, 0.3) is 0 Å². The maximum atomic E-state index is 5.49. The molecule has 0 aliphatic rings. The summed E-state index contributed by atoms with van der Waals surface area (Å²) >= 11 is 3.50. The van der Waals surface area contributed by atoms with Crippen LogP contribution in [0.5, 0.6) is 0 Å². The summed E-state index contributed by atoms with van der Waals surface area (Å²) in [5.41, 5.74) is 1.11. The summed E-state index contributed by atoms with van der Waals surface area (Å²) in [6.45, 7) is 8.51. The Kier molecular flexibility index (Phi) is 5.17. The third-order valence-electron chi connectivity index (χ3n) is 3.42. The fourth-order valence-electron chi connectivity index (χ4n) is 1.62. The van der Waals surface area contributed by atoms with Crippen LogP contribution in [0.3, 0.4) is 0 Å². The molecule has 2 atom stereocenters. The SMILES string of the molecule is COC(C)(C)C(C)N[C@H](C)c1cccc(Br)c1. The van der Waals surface area contributed by atoms with Gasteiger partial charge in [0.15, 0.2) is 0 Å². The van der Waals surface area contributed by atoms with E-state index in [1.54, 1.807) is 7.11 Å². The molecule has 0 amide bonds. The topological polar surface area (TPSA) is 21.3 Å². The first kappa shape index (κ1) is 14.7. The van der Waals surface area contributed by atoms with Crippen LogP contribution < -0.4 is 5.32 Å². The molecule has 0 saturated carbocycles. The molecule has 1 aromatic carbocycles. The zero-order chi connectivity index (χ0) is 13.1. The summed E-state index contributed by atoms with van der Waals surface area (Å²) in [6.07, 6.45) is 0. The zero-order valence-electron chi connectivity index (χ0n) is 11.3. The quantitative estimate of drug-likeness (QED) is 0.890. The van der Waals surface area contributed by atoms with Gasteiger partial charge in [-0.1, -0.05) is 28.1 Å². The second kappa shape index (κ2) is 5.98. The smallest absolute Gasteiger partial charge is 0.0772 e. The molecule has 0 bridgehead atoms. The standard InChI is InChI=1S/C14H22BrNO/c1-10(12-7-6-8-13(15)9-12)16-11(2)14(3,4)17-5/h6-11,16H,1-5H3/t10-,11?/m1/s1. The van der Waals surface area contributed by atoms with Crippen molar-refractivity contribution >= 4 is 15.9 Å². The van der Waals surface area contributed by atoms with Gasteiger partial charge in [0.1, 0.15) is 0 Å². The second-order valence-corrected chi connectivity index (χ2v) is 5.89. The van der Waals surface area contributed by atoms with Crippen LogP contribution in [-0.2, 0) is 4.74 Å². The summed E-state index contributed by atoms with van der Waals surface area (Å²) < 4.78 is 6.60. The Labute approximate surface area is 113 Å². The minimum atomic E-state index is -0.166. The van der Waals surface area contributed by atoms with Gasteiger partial charge in [0, 0.05) is 23.7 Å². The molecule has 0 aliphatic carbocycles. The van der Waals surface area contributed by atoms with Crippen molar-refractivity contribution in [2.75, 3.05) is 7.11 Å². The average Bonchev–Trinajstić information content (AvgIpc) is 2.28. The molecule has 0 saturated heterocycles. The van der Waals surface area contributed by atoms with Gasteiger partial charge in [-0.05, 0) is 45.4 Å². The van der Waals surface area contributed by atoms with Gasteiger partial charge in [-0.2, -0.15) is 0 Å². The van der Waals surface area contributed by atoms with Crippen molar-refractivity contribution in [3.8, 4) is 0 Å². The van der Waals surface area contributed by atoms with Gasteiger partial charge in [-0.25, -0.2) is 0 Å². The highest BCUT2D eigenvalue weighted by Crippen LogP contribution is 2.21. The molecule has 0 spiro atoms. The van der Waals surface area contributed by atoms with E-state index < -0.39 is 0 Å². The molecule has 0 aliphatic heterocycles. The number of ether oxygens (including phenoxy) is 1. The van der Waals surface area contributed by atoms with Crippen molar-refractivity contribution in [1.82, 2.24) is 5.32 Å². The summed E-state index contributed by atoms with van der Waals surface area (Å²) in [7, 11) is 1.75. The summed E-state index contributed by atoms with van der Waals surface area (Å²) in [5, 5.41) is 3.57. The minimum absolute atomic E-state index is 0.166. The van der Waals surface area contributed by atoms with Crippen molar-refractivity contribution in [2.45, 2.75) is 45.4 Å². The lowest BCUT2D eigenvalue weighted by atomic mass is 9.98. The molecule has 0 heterocycles. The highest BCUT2D eigenvalue weighted by atomic mass is 79.9. The third-order valence-corrected chi connectivity index (χ3v) is 3.91. The molecule has 0 fully saturated rings. The van der Waals surface area contributed by atoms with E-state index in [0.29, 0.717) is 6.04 Å². The van der Waals surface area contributed by atoms with Gasteiger partial charge in [0.05, 0.1) is 5.60 Å². The lowest BCUT2D eigenvalue weighted by molar-refractivity contribution is -0.00764. The van der Waals surface area contributed by atoms with Gasteiger partial charge in [-0.3, -0.25) is 0 Å². The molecular formula is C14H22BrNO. The Balaban J connectivity index is 2.69. The summed E-state index contributed by atoms with van der Waals surface area (Å²) in [4.78, 5) is 0. The summed E-state index contributed by atoms with van der Waals surface area (Å²) in [5.74, 6) is 0. The number of nitrogens with one attached hydrogen (secondary N) is 1. The van der Waals surface area contributed by atoms with E-state index in [4.69, 9.17) is 4.74 Å². The van der Waals surface area contributed by atoms with Crippen LogP contribution in [-0.4, -0.2) is 18.8 Å². The fourth-order valence-corrected chi connectivity index (χ4v) is 2.04. The van der Waals surface area contributed by atoms with E-state index in [1.165, 1.54) is 5.56 Å². The highest BCUT2D eigenvalue weighted by molar-refractivity contribution is 9.10. The van der Waals surface area contributed by atoms with E-state index in [-0.39, 0.29) is 11.6 Å². The van der Waals surface area contributed by atoms with Crippen molar-refractivity contribution in [3.05, 3.63) is 34.3 Å². The molecule has 96 valence electrons. The fraction of sp³-hybridized carbons (Fsp3) is 0.571. The van der Waals surface area contributed by atoms with Crippen LogP contribution in [0, 0.1) is 0 Å². The molecule has 3 heteroatoms. The normalized spacial score (nSPS) is 15.6. The molecule has 1 rings (SSSR count). The monoisotopic (exact) mass is 299 g/mol. The van der Waals surface area contributed by atoms with Crippen LogP contribution in [0.4, 0.5) is 0 Å². The Morgan fingerprint density at radius 2 is 1.94 bits per heavy atom. The Morgan fingerprint density at radius 1 is 1.29 bits per heavy atom. The van der Waals surface area contributed by atoms with Gasteiger partial charge in [0.2, 0.25) is 0 Å². The Bertz CT molecular complexity index is 365. The van der Waals surface area contributed by atoms with Gasteiger partial charge in [0.25, 0.3) is 0 Å². The van der Waals surface area contributed by atoms with Gasteiger partial charge in [-0.15, -0.1) is 0 Å². The van der Waals surface area contributed by atoms with Gasteiger partial charge >= 0.3 is 0 Å². The first-order valence-corrected chi connectivity index (χ1v) is 6.73. The second-order valence-electron chi connectivity index (χ2n) is 4.97. The molecule has 0 aromatic heterocycles. The molecule has 17 heavy (non-hydrogen) atoms. The number of hydrogen-bond acceptors (Lipinski definition) is 2. The first-order chi connectivity index (χ1) is 7.86. The van der Waals surface area contributed by atoms with Crippen LogP contribution in [0.1, 0.15) is 39.3 Å². The number of halogens is 1. The van der Waals surface area contributed by atoms with Crippen LogP contribution in [0.2, 0.25) is 0 Å². The Morgan fingerprint density at radius 3 is 2.47 bits per heavy atom. The van der Waals surface area contributed by atoms with Crippen LogP contribution >= 0.6 is 15.9 Å². The van der Waals surface area contributed by atoms with Crippen molar-refractivity contribution in [3.63, 3.8) is 0 Å². The van der Waals surface area contributed by atoms with E-state index in [1.807, 2.05) is 6.07 Å². The first-order valence-electron chi connectivity index (χ1n) is 5.93. The third kappa shape index (κ3) is 4.09. The number of hydrogen-bond donors (Lipinski definition) is 1. The largest absolute Gasteiger partial charge is 0.377 e. The Hall–Kier alpha value is -0.380. The number of benzene rings is 1. The summed E-state index contributed by atoms with van der Waals surface area (Å²) in [6, 6.07) is 8.96. The van der Waals surface area contributed by atoms with Crippen molar-refractivity contribution < 1.29 is 4.74 Å². The zero-order valence-corrected chi connectivity index (χ0v) is 12.8. The minimum Gasteiger partial charge on any atom is -0.377 e. The molecule has 1 unspecified atom stereocenters. The molecular weight excluding hydrogens is 278 g/mol. The van der Waals surface area contributed by atoms with E-state index in [2.05, 4.69) is 67.1 Å². The van der Waals surface area contributed by atoms with E-state index in [9.17, 15) is 0 Å². The van der Waals surface area contributed by atoms with Crippen molar-refractivity contribution in [1.29, 1.82) is 0 Å². The number of rotatable bonds is 5. The van der Waals surface area contributed by atoms with E-state index in [0.717, 1.165) is 4.47 Å². The van der Waals surface area contributed by atoms with E-state index >= 15 is 0 Å². The van der Waals surface area contributed by atoms with Gasteiger partial charge < -0.3 is 10.1 Å². The predicted octanol–water partition coefficient (Wildman–Crippen LogP) is 3.91. The molecule has 1 aromatic rings. The lowest BCUT2D eigenvalue weighted by Gasteiger charge is -2.33. The molecule has 1 N–H and O–H groups in total. The average molecular weight is 300 g/mol. The number of methoxy groups -OCH3 is 1. The predicted molar refractivity (Wildman–Crippen MR) is 76.2 cm³/mol. The highest BCUT2D eigenvalue weighted by Gasteiger charge is 2.26. The maximum Gasteiger partial charge on any atom is 0.0772 e. The van der Waals surface area contributed by atoms with Crippen LogP contribution in [0.15, 0.2) is 28.7 Å². The maximum absolute atomic E-state index is 5.49. The molecule has 2 nitrogen and oxygen atoms in total. The lowest BCUT2D eigenvalue weighted by Crippen LogP contribution is -2.46. The van der Waals surface area contributed by atoms with Crippen molar-refractivity contribution in [2.24, 2.45) is 0 Å².